The molecule has 4 N–H and O–H groups in total. The quantitative estimate of drug-likeness (QED) is 0.165. The molecule has 3 rings (SSSR count). The summed E-state index contributed by atoms with van der Waals surface area (Å²) in [7, 11) is 0. The molecule has 0 saturated carbocycles. The number of rotatable bonds is 12. The average Bonchev–Trinajstić information content (AvgIpc) is 3.66. The van der Waals surface area contributed by atoms with E-state index in [0.717, 1.165) is 24.8 Å². The first-order valence-electron chi connectivity index (χ1n) is 13.6. The van der Waals surface area contributed by atoms with Gasteiger partial charge in [0.2, 0.25) is 11.7 Å². The van der Waals surface area contributed by atoms with Gasteiger partial charge in [0.25, 0.3) is 5.91 Å². The van der Waals surface area contributed by atoms with E-state index < -0.39 is 35.4 Å². The van der Waals surface area contributed by atoms with E-state index in [1.54, 1.807) is 19.1 Å². The molecule has 40 heavy (non-hydrogen) atoms. The number of fused-ring (bicyclic) bond motifs is 1. The van der Waals surface area contributed by atoms with E-state index in [-0.39, 0.29) is 35.8 Å². The summed E-state index contributed by atoms with van der Waals surface area (Å²) < 4.78 is 5.39. The van der Waals surface area contributed by atoms with Crippen LogP contribution in [0.5, 0.6) is 0 Å². The summed E-state index contributed by atoms with van der Waals surface area (Å²) in [6.45, 7) is 7.90. The predicted octanol–water partition coefficient (Wildman–Crippen LogP) is 3.70. The number of hydrogen-bond acceptors (Lipinski definition) is 7. The van der Waals surface area contributed by atoms with Crippen molar-refractivity contribution in [2.45, 2.75) is 77.6 Å². The Bertz CT molecular complexity index is 1260. The van der Waals surface area contributed by atoms with E-state index in [2.05, 4.69) is 30.6 Å². The molecule has 2 aliphatic carbocycles. The van der Waals surface area contributed by atoms with Crippen LogP contribution in [0.3, 0.4) is 0 Å². The molecule has 214 valence electrons. The normalized spacial score (nSPS) is 26.1. The second kappa shape index (κ2) is 13.5. The van der Waals surface area contributed by atoms with Crippen molar-refractivity contribution >= 4 is 23.4 Å². The maximum absolute atomic E-state index is 12.8. The van der Waals surface area contributed by atoms with Crippen molar-refractivity contribution in [1.29, 1.82) is 0 Å². The van der Waals surface area contributed by atoms with Crippen LogP contribution in [0.1, 0.15) is 59.8 Å². The van der Waals surface area contributed by atoms with Crippen molar-refractivity contribution in [1.82, 2.24) is 10.6 Å². The lowest BCUT2D eigenvalue weighted by atomic mass is 9.88. The fourth-order valence-corrected chi connectivity index (χ4v) is 4.61. The molecular formula is C31H38N2O7. The summed E-state index contributed by atoms with van der Waals surface area (Å²) >= 11 is 0. The van der Waals surface area contributed by atoms with Crippen molar-refractivity contribution in [3.05, 3.63) is 83.0 Å². The maximum Gasteiger partial charge on any atom is 0.251 e. The van der Waals surface area contributed by atoms with Crippen molar-refractivity contribution in [2.24, 2.45) is 5.92 Å². The molecule has 1 fully saturated rings. The lowest BCUT2D eigenvalue weighted by Crippen LogP contribution is -2.42. The van der Waals surface area contributed by atoms with E-state index in [1.165, 1.54) is 36.5 Å². The van der Waals surface area contributed by atoms with Gasteiger partial charge in [-0.25, -0.2) is 0 Å². The SMILES string of the molecule is CCCC[C@H](C)/C=C(C)/C=C(\C)C(=O)NC1=C[C@](O)(/C=C/C=C/C=C/C(=O)NC2=C(O)CCC2=O)[C@@H]2O[C@@H]2C1=O. The van der Waals surface area contributed by atoms with Crippen LogP contribution < -0.4 is 10.6 Å². The fourth-order valence-electron chi connectivity index (χ4n) is 4.61. The van der Waals surface area contributed by atoms with Crippen LogP contribution in [0, 0.1) is 5.92 Å². The summed E-state index contributed by atoms with van der Waals surface area (Å²) in [6, 6.07) is 0. The molecule has 0 unspecified atom stereocenters. The van der Waals surface area contributed by atoms with Gasteiger partial charge >= 0.3 is 0 Å². The van der Waals surface area contributed by atoms with E-state index >= 15 is 0 Å². The van der Waals surface area contributed by atoms with Crippen LogP contribution in [0.15, 0.2) is 83.0 Å². The molecule has 9 nitrogen and oxygen atoms in total. The van der Waals surface area contributed by atoms with Gasteiger partial charge in [0.15, 0.2) is 11.9 Å². The van der Waals surface area contributed by atoms with Crippen molar-refractivity contribution in [2.75, 3.05) is 0 Å². The smallest absolute Gasteiger partial charge is 0.251 e. The molecule has 9 heteroatoms. The third kappa shape index (κ3) is 8.09. The van der Waals surface area contributed by atoms with Crippen LogP contribution in [0.25, 0.3) is 0 Å². The Morgan fingerprint density at radius 3 is 2.55 bits per heavy atom. The largest absolute Gasteiger partial charge is 0.510 e. The lowest BCUT2D eigenvalue weighted by molar-refractivity contribution is -0.121. The summed E-state index contributed by atoms with van der Waals surface area (Å²) in [6.07, 6.45) is 16.0. The highest BCUT2D eigenvalue weighted by Gasteiger charge is 2.59. The molecule has 0 aromatic heterocycles. The van der Waals surface area contributed by atoms with Gasteiger partial charge in [-0.3, -0.25) is 19.2 Å². The Morgan fingerprint density at radius 1 is 1.15 bits per heavy atom. The predicted molar refractivity (Wildman–Crippen MR) is 151 cm³/mol. The first-order chi connectivity index (χ1) is 18.9. The van der Waals surface area contributed by atoms with Gasteiger partial charge in [0.05, 0.1) is 5.70 Å². The zero-order valence-electron chi connectivity index (χ0n) is 23.4. The second-order valence-corrected chi connectivity index (χ2v) is 10.4. The van der Waals surface area contributed by atoms with Crippen molar-refractivity contribution in [3.8, 4) is 0 Å². The monoisotopic (exact) mass is 550 g/mol. The molecule has 0 aromatic rings. The number of nitrogens with one attached hydrogen (secondary N) is 2. The highest BCUT2D eigenvalue weighted by molar-refractivity contribution is 6.07. The standard InChI is InChI=1S/C31H38N2O7/c1-5-6-11-19(2)16-20(3)17-21(4)30(38)32-22-18-31(39,29-28(40-29)27(22)37)15-10-8-7-9-12-25(36)33-26-23(34)13-14-24(26)35/h7-10,12,15-19,28-29,34,39H,5-6,11,13-14H2,1-4H3,(H,32,38)(H,33,36)/b8-7+,12-9+,15-10+,20-16+,21-17+/t19-,28+,29+,31+/m0/s1. The highest BCUT2D eigenvalue weighted by Crippen LogP contribution is 2.40. The van der Waals surface area contributed by atoms with Gasteiger partial charge in [0.1, 0.15) is 23.2 Å². The number of aliphatic hydroxyl groups is 2. The Balaban J connectivity index is 1.60. The number of hydrogen-bond donors (Lipinski definition) is 4. The number of ether oxygens (including phenoxy) is 1. The van der Waals surface area contributed by atoms with Crippen LogP contribution in [-0.4, -0.2) is 51.4 Å². The highest BCUT2D eigenvalue weighted by atomic mass is 16.6. The number of carbonyl (C=O) groups is 4. The number of Topliss-reactive ketones (excluding diaryl/α,β-unsaturated/α-hetero) is 2. The zero-order valence-corrected chi connectivity index (χ0v) is 23.4. The Kier molecular flexibility index (Phi) is 10.4. The summed E-state index contributed by atoms with van der Waals surface area (Å²) in [5.41, 5.74) is -0.310. The van der Waals surface area contributed by atoms with Crippen LogP contribution in [-0.2, 0) is 23.9 Å². The van der Waals surface area contributed by atoms with Gasteiger partial charge in [-0.2, -0.15) is 0 Å². The number of carbonyl (C=O) groups excluding carboxylic acids is 4. The molecule has 0 spiro atoms. The second-order valence-electron chi connectivity index (χ2n) is 10.4. The Hall–Kier alpha value is -3.82. The number of amides is 2. The topological polar surface area (TPSA) is 145 Å². The minimum atomic E-state index is -1.61. The Labute approximate surface area is 234 Å². The van der Waals surface area contributed by atoms with E-state index in [0.29, 0.717) is 11.5 Å². The number of allylic oxidation sites excluding steroid dienone is 9. The fraction of sp³-hybridized carbons (Fsp3) is 0.419. The minimum Gasteiger partial charge on any atom is -0.510 e. The molecule has 1 aliphatic heterocycles. The number of aliphatic hydroxyl groups excluding tert-OH is 1. The van der Waals surface area contributed by atoms with Gasteiger partial charge < -0.3 is 25.6 Å². The van der Waals surface area contributed by atoms with Gasteiger partial charge in [-0.05, 0) is 38.3 Å². The molecule has 4 atom stereocenters. The summed E-state index contributed by atoms with van der Waals surface area (Å²) in [5.74, 6) is -1.43. The maximum atomic E-state index is 12.8. The lowest BCUT2D eigenvalue weighted by Gasteiger charge is -2.23. The minimum absolute atomic E-state index is 0.0267. The van der Waals surface area contributed by atoms with E-state index in [1.807, 2.05) is 6.92 Å². The van der Waals surface area contributed by atoms with Gasteiger partial charge in [-0.15, -0.1) is 0 Å². The average molecular weight is 551 g/mol. The molecule has 0 aromatic carbocycles. The summed E-state index contributed by atoms with van der Waals surface area (Å²) in [5, 5.41) is 25.7. The first kappa shape index (κ1) is 30.7. The molecule has 1 saturated heterocycles. The van der Waals surface area contributed by atoms with Crippen LogP contribution in [0.2, 0.25) is 0 Å². The van der Waals surface area contributed by atoms with Crippen molar-refractivity contribution < 1.29 is 34.1 Å². The number of unbranched alkanes of at least 4 members (excludes halogenated alkanes) is 1. The molecule has 0 radical (unpaired) electrons. The number of ketones is 2. The van der Waals surface area contributed by atoms with E-state index in [4.69, 9.17) is 4.74 Å². The molecule has 3 aliphatic rings. The first-order valence-corrected chi connectivity index (χ1v) is 13.6. The number of epoxide rings is 1. The third-order valence-electron chi connectivity index (χ3n) is 6.81. The molecular weight excluding hydrogens is 512 g/mol. The van der Waals surface area contributed by atoms with Gasteiger partial charge in [0, 0.05) is 24.5 Å². The zero-order chi connectivity index (χ0) is 29.4. The van der Waals surface area contributed by atoms with Crippen LogP contribution in [0.4, 0.5) is 0 Å². The summed E-state index contributed by atoms with van der Waals surface area (Å²) in [4.78, 5) is 49.0. The van der Waals surface area contributed by atoms with Gasteiger partial charge in [-0.1, -0.05) is 68.7 Å². The third-order valence-corrected chi connectivity index (χ3v) is 6.81. The molecule has 2 amide bonds. The van der Waals surface area contributed by atoms with Crippen molar-refractivity contribution in [3.63, 3.8) is 0 Å². The molecule has 0 bridgehead atoms. The Morgan fingerprint density at radius 2 is 1.88 bits per heavy atom. The van der Waals surface area contributed by atoms with E-state index in [9.17, 15) is 29.4 Å². The van der Waals surface area contributed by atoms with Crippen LogP contribution >= 0.6 is 0 Å². The molecule has 1 heterocycles.